The molecule has 3 aromatic rings. The normalized spacial score (nSPS) is 14.7. The topological polar surface area (TPSA) is 145 Å². The van der Waals surface area contributed by atoms with E-state index in [1.165, 1.54) is 12.1 Å². The molecule has 1 aliphatic heterocycles. The summed E-state index contributed by atoms with van der Waals surface area (Å²) < 4.78 is 0. The molecule has 1 aromatic heterocycles. The monoisotopic (exact) mass is 407 g/mol. The van der Waals surface area contributed by atoms with Gasteiger partial charge in [0.15, 0.2) is 0 Å². The number of rotatable bonds is 5. The number of fused-ring (bicyclic) bond motifs is 1. The van der Waals surface area contributed by atoms with Crippen molar-refractivity contribution in [2.45, 2.75) is 6.54 Å². The highest BCUT2D eigenvalue weighted by molar-refractivity contribution is 5.99. The number of benzene rings is 2. The SMILES string of the molecule is NC(=O)c1cc([N+](=O)[O-])ccc1N1CCN(Cc2nc(N)c3ccccc3n2)CC1. The molecule has 2 heterocycles. The van der Waals surface area contributed by atoms with Crippen molar-refractivity contribution in [1.29, 1.82) is 0 Å². The number of amides is 1. The first-order valence-electron chi connectivity index (χ1n) is 9.49. The first-order chi connectivity index (χ1) is 14.4. The summed E-state index contributed by atoms with van der Waals surface area (Å²) >= 11 is 0. The van der Waals surface area contributed by atoms with Gasteiger partial charge in [-0.2, -0.15) is 0 Å². The molecule has 10 heteroatoms. The molecule has 2 aromatic carbocycles. The Morgan fingerprint density at radius 1 is 1.10 bits per heavy atom. The summed E-state index contributed by atoms with van der Waals surface area (Å²) in [6, 6.07) is 11.8. The van der Waals surface area contributed by atoms with Crippen LogP contribution in [0.15, 0.2) is 42.5 Å². The predicted molar refractivity (Wildman–Crippen MR) is 113 cm³/mol. The Balaban J connectivity index is 1.47. The maximum atomic E-state index is 11.8. The van der Waals surface area contributed by atoms with Gasteiger partial charge >= 0.3 is 0 Å². The number of hydrogen-bond donors (Lipinski definition) is 2. The predicted octanol–water partition coefficient (Wildman–Crippen LogP) is 1.54. The van der Waals surface area contributed by atoms with Crippen LogP contribution in [0.25, 0.3) is 10.9 Å². The van der Waals surface area contributed by atoms with Crippen molar-refractivity contribution in [2.75, 3.05) is 36.8 Å². The zero-order chi connectivity index (χ0) is 21.3. The molecule has 4 N–H and O–H groups in total. The molecular weight excluding hydrogens is 386 g/mol. The molecule has 1 amide bonds. The average Bonchev–Trinajstić information content (AvgIpc) is 2.74. The van der Waals surface area contributed by atoms with Crippen LogP contribution in [0.1, 0.15) is 16.2 Å². The van der Waals surface area contributed by atoms with E-state index in [9.17, 15) is 14.9 Å². The molecule has 0 unspecified atom stereocenters. The van der Waals surface area contributed by atoms with E-state index in [0.29, 0.717) is 50.1 Å². The summed E-state index contributed by atoms with van der Waals surface area (Å²) in [4.78, 5) is 35.5. The van der Waals surface area contributed by atoms with Crippen LogP contribution in [-0.2, 0) is 6.54 Å². The Kier molecular flexibility index (Phi) is 5.15. The zero-order valence-electron chi connectivity index (χ0n) is 16.2. The van der Waals surface area contributed by atoms with E-state index in [-0.39, 0.29) is 11.3 Å². The lowest BCUT2D eigenvalue weighted by Crippen LogP contribution is -2.46. The number of hydrogen-bond acceptors (Lipinski definition) is 8. The smallest absolute Gasteiger partial charge is 0.270 e. The van der Waals surface area contributed by atoms with Gasteiger partial charge in [-0.1, -0.05) is 12.1 Å². The molecule has 1 fully saturated rings. The number of nitrogens with two attached hydrogens (primary N) is 2. The molecule has 0 atom stereocenters. The largest absolute Gasteiger partial charge is 0.383 e. The van der Waals surface area contributed by atoms with E-state index in [0.717, 1.165) is 10.9 Å². The summed E-state index contributed by atoms with van der Waals surface area (Å²) in [5.74, 6) is 0.440. The first kappa shape index (κ1) is 19.5. The molecule has 4 rings (SSSR count). The molecule has 10 nitrogen and oxygen atoms in total. The van der Waals surface area contributed by atoms with E-state index >= 15 is 0 Å². The summed E-state index contributed by atoms with van der Waals surface area (Å²) in [5.41, 5.74) is 12.9. The van der Waals surface area contributed by atoms with E-state index in [1.54, 1.807) is 6.07 Å². The lowest BCUT2D eigenvalue weighted by Gasteiger charge is -2.36. The number of carbonyl (C=O) groups excluding carboxylic acids is 1. The number of nitro groups is 1. The van der Waals surface area contributed by atoms with Gasteiger partial charge in [0.2, 0.25) is 0 Å². The highest BCUT2D eigenvalue weighted by atomic mass is 16.6. The first-order valence-corrected chi connectivity index (χ1v) is 9.49. The van der Waals surface area contributed by atoms with Crippen molar-refractivity contribution in [3.05, 3.63) is 64.0 Å². The number of nitrogen functional groups attached to an aromatic ring is 1. The second kappa shape index (κ2) is 7.91. The maximum absolute atomic E-state index is 11.8. The fourth-order valence-corrected chi connectivity index (χ4v) is 3.68. The maximum Gasteiger partial charge on any atom is 0.270 e. The number of piperazine rings is 1. The Labute approximate surface area is 172 Å². The van der Waals surface area contributed by atoms with Crippen molar-refractivity contribution in [2.24, 2.45) is 5.73 Å². The molecule has 30 heavy (non-hydrogen) atoms. The van der Waals surface area contributed by atoms with Gasteiger partial charge in [-0.15, -0.1) is 0 Å². The number of carbonyl (C=O) groups is 1. The van der Waals surface area contributed by atoms with Crippen LogP contribution in [0, 0.1) is 10.1 Å². The van der Waals surface area contributed by atoms with Crippen LogP contribution < -0.4 is 16.4 Å². The third-order valence-corrected chi connectivity index (χ3v) is 5.21. The Bertz CT molecular complexity index is 1130. The Morgan fingerprint density at radius 2 is 1.83 bits per heavy atom. The number of para-hydroxylation sites is 1. The number of primary amides is 1. The standard InChI is InChI=1S/C20H21N7O3/c21-19-14-3-1-2-4-16(14)23-18(24-19)12-25-7-9-26(10-8-25)17-6-5-13(27(29)30)11-15(17)20(22)28/h1-6,11H,7-10,12H2,(H2,22,28)(H2,21,23,24). The van der Waals surface area contributed by atoms with E-state index in [2.05, 4.69) is 14.9 Å². The fraction of sp³-hybridized carbons (Fsp3) is 0.250. The molecule has 0 spiro atoms. The molecule has 154 valence electrons. The van der Waals surface area contributed by atoms with Gasteiger partial charge in [-0.3, -0.25) is 19.8 Å². The van der Waals surface area contributed by atoms with Gasteiger partial charge in [0.05, 0.1) is 28.2 Å². The summed E-state index contributed by atoms with van der Waals surface area (Å²) in [6.07, 6.45) is 0. The Morgan fingerprint density at radius 3 is 2.53 bits per heavy atom. The van der Waals surface area contributed by atoms with Crippen molar-refractivity contribution in [3.63, 3.8) is 0 Å². The minimum absolute atomic E-state index is 0.155. The van der Waals surface area contributed by atoms with Crippen LogP contribution in [-0.4, -0.2) is 51.9 Å². The molecule has 0 saturated carbocycles. The third kappa shape index (κ3) is 3.85. The van der Waals surface area contributed by atoms with Crippen LogP contribution >= 0.6 is 0 Å². The lowest BCUT2D eigenvalue weighted by molar-refractivity contribution is -0.384. The summed E-state index contributed by atoms with van der Waals surface area (Å²) in [7, 11) is 0. The number of aromatic nitrogens is 2. The fourth-order valence-electron chi connectivity index (χ4n) is 3.68. The number of nitro benzene ring substituents is 1. The quantitative estimate of drug-likeness (QED) is 0.479. The van der Waals surface area contributed by atoms with Crippen molar-refractivity contribution in [3.8, 4) is 0 Å². The van der Waals surface area contributed by atoms with Gasteiger partial charge in [0.1, 0.15) is 11.6 Å². The number of non-ortho nitro benzene ring substituents is 1. The number of nitrogens with zero attached hydrogens (tertiary/aromatic N) is 5. The number of anilines is 2. The van der Waals surface area contributed by atoms with Gasteiger partial charge in [-0.05, 0) is 18.2 Å². The van der Waals surface area contributed by atoms with E-state index in [1.807, 2.05) is 29.2 Å². The van der Waals surface area contributed by atoms with Crippen LogP contribution in [0.2, 0.25) is 0 Å². The van der Waals surface area contributed by atoms with Crippen LogP contribution in [0.4, 0.5) is 17.2 Å². The lowest BCUT2D eigenvalue weighted by atomic mass is 10.1. The second-order valence-corrected chi connectivity index (χ2v) is 7.13. The Hall–Kier alpha value is -3.79. The minimum Gasteiger partial charge on any atom is -0.383 e. The molecule has 0 aliphatic carbocycles. The van der Waals surface area contributed by atoms with Crippen molar-refractivity contribution >= 4 is 34.0 Å². The van der Waals surface area contributed by atoms with Crippen molar-refractivity contribution < 1.29 is 9.72 Å². The van der Waals surface area contributed by atoms with Gasteiger partial charge < -0.3 is 16.4 Å². The molecule has 0 radical (unpaired) electrons. The molecule has 1 aliphatic rings. The van der Waals surface area contributed by atoms with Crippen LogP contribution in [0.3, 0.4) is 0 Å². The third-order valence-electron chi connectivity index (χ3n) is 5.21. The zero-order valence-corrected chi connectivity index (χ0v) is 16.2. The van der Waals surface area contributed by atoms with Gasteiger partial charge in [0, 0.05) is 43.7 Å². The minimum atomic E-state index is -0.684. The highest BCUT2D eigenvalue weighted by Crippen LogP contribution is 2.26. The summed E-state index contributed by atoms with van der Waals surface area (Å²) in [6.45, 7) is 3.27. The highest BCUT2D eigenvalue weighted by Gasteiger charge is 2.23. The van der Waals surface area contributed by atoms with Crippen LogP contribution in [0.5, 0.6) is 0 Å². The second-order valence-electron chi connectivity index (χ2n) is 7.13. The summed E-state index contributed by atoms with van der Waals surface area (Å²) in [5, 5.41) is 11.8. The van der Waals surface area contributed by atoms with Gasteiger partial charge in [-0.25, -0.2) is 9.97 Å². The van der Waals surface area contributed by atoms with Crippen molar-refractivity contribution in [1.82, 2.24) is 14.9 Å². The van der Waals surface area contributed by atoms with E-state index in [4.69, 9.17) is 11.5 Å². The average molecular weight is 407 g/mol. The molecule has 1 saturated heterocycles. The molecular formula is C20H21N7O3. The molecule has 0 bridgehead atoms. The van der Waals surface area contributed by atoms with Gasteiger partial charge in [0.25, 0.3) is 11.6 Å². The van der Waals surface area contributed by atoms with E-state index < -0.39 is 10.8 Å².